The van der Waals surface area contributed by atoms with Gasteiger partial charge in [-0.1, -0.05) is 47.5 Å². The summed E-state index contributed by atoms with van der Waals surface area (Å²) in [6, 6.07) is 14.0. The minimum absolute atomic E-state index is 0.0438. The number of hydrogen-bond donors (Lipinski definition) is 2. The lowest BCUT2D eigenvalue weighted by Crippen LogP contribution is -2.44. The third kappa shape index (κ3) is 4.35. The Hall–Kier alpha value is -1.22. The number of aliphatic hydroxyl groups is 2. The molecule has 2 heterocycles. The van der Waals surface area contributed by atoms with Crippen LogP contribution in [0.3, 0.4) is 0 Å². The van der Waals surface area contributed by atoms with Gasteiger partial charge in [-0.05, 0) is 24.3 Å². The average Bonchev–Trinajstić information content (AvgIpc) is 3.15. The molecule has 2 aliphatic heterocycles. The molecular weight excluding hydrogens is 407 g/mol. The second kappa shape index (κ2) is 8.65. The van der Waals surface area contributed by atoms with Gasteiger partial charge in [0.05, 0.1) is 13.2 Å². The first-order chi connectivity index (χ1) is 13.5. The zero-order valence-electron chi connectivity index (χ0n) is 14.8. The number of ether oxygens (including phenoxy) is 4. The first kappa shape index (κ1) is 20.1. The number of hydrogen-bond acceptors (Lipinski definition) is 6. The van der Waals surface area contributed by atoms with Crippen molar-refractivity contribution < 1.29 is 29.2 Å². The summed E-state index contributed by atoms with van der Waals surface area (Å²) < 4.78 is 23.3. The minimum atomic E-state index is -1.01. The molecule has 2 aromatic rings. The first-order valence-corrected chi connectivity index (χ1v) is 9.68. The van der Waals surface area contributed by atoms with Crippen LogP contribution in [-0.4, -0.2) is 47.8 Å². The maximum absolute atomic E-state index is 10.6. The lowest BCUT2D eigenvalue weighted by Gasteiger charge is -2.23. The molecule has 2 aromatic carbocycles. The van der Waals surface area contributed by atoms with Crippen molar-refractivity contribution >= 4 is 23.2 Å². The van der Waals surface area contributed by atoms with Crippen LogP contribution in [0.5, 0.6) is 0 Å². The maximum Gasteiger partial charge on any atom is 0.184 e. The third-order valence-electron chi connectivity index (χ3n) is 4.76. The van der Waals surface area contributed by atoms with Crippen LogP contribution < -0.4 is 0 Å². The second-order valence-corrected chi connectivity index (χ2v) is 7.64. The van der Waals surface area contributed by atoms with E-state index in [1.165, 1.54) is 0 Å². The van der Waals surface area contributed by atoms with Crippen LogP contribution in [0, 0.1) is 0 Å². The Balaban J connectivity index is 1.49. The van der Waals surface area contributed by atoms with Crippen LogP contribution in [0.1, 0.15) is 23.7 Å². The average molecular weight is 427 g/mol. The Kier molecular flexibility index (Phi) is 6.20. The van der Waals surface area contributed by atoms with Crippen molar-refractivity contribution in [1.29, 1.82) is 0 Å². The van der Waals surface area contributed by atoms with Gasteiger partial charge in [-0.2, -0.15) is 0 Å². The lowest BCUT2D eigenvalue weighted by molar-refractivity contribution is -0.183. The highest BCUT2D eigenvalue weighted by molar-refractivity contribution is 6.30. The van der Waals surface area contributed by atoms with E-state index in [9.17, 15) is 10.2 Å². The number of benzene rings is 2. The van der Waals surface area contributed by atoms with E-state index in [1.54, 1.807) is 48.5 Å². The fraction of sp³-hybridized carbons (Fsp3) is 0.400. The van der Waals surface area contributed by atoms with Crippen LogP contribution in [0.2, 0.25) is 10.0 Å². The van der Waals surface area contributed by atoms with E-state index in [4.69, 9.17) is 42.1 Å². The van der Waals surface area contributed by atoms with Gasteiger partial charge >= 0.3 is 0 Å². The molecule has 0 aromatic heterocycles. The monoisotopic (exact) mass is 426 g/mol. The summed E-state index contributed by atoms with van der Waals surface area (Å²) in [5, 5.41) is 22.4. The molecular formula is C20H20Cl2O6. The number of fused-ring (bicyclic) bond motifs is 1. The summed E-state index contributed by atoms with van der Waals surface area (Å²) in [5.74, 6) is 0. The van der Waals surface area contributed by atoms with Gasteiger partial charge in [-0.3, -0.25) is 0 Å². The molecule has 0 spiro atoms. The standard InChI is InChI=1S/C20H20Cl2O6/c21-13-5-1-11(2-6-13)19-25-9-15(23)17-18(16(24)10-26-19)28-20(27-17)12-3-7-14(22)8-4-12/h1-8,15-20,23-24H,9-10H2/t15-,16+,17-,18-,19?,20?/m0/s1. The highest BCUT2D eigenvalue weighted by Gasteiger charge is 2.46. The molecule has 0 aliphatic carbocycles. The Labute approximate surface area is 172 Å². The molecule has 6 nitrogen and oxygen atoms in total. The van der Waals surface area contributed by atoms with Crippen LogP contribution >= 0.6 is 23.2 Å². The Morgan fingerprint density at radius 3 is 1.46 bits per heavy atom. The van der Waals surface area contributed by atoms with Crippen LogP contribution in [0.25, 0.3) is 0 Å². The number of aliphatic hydroxyl groups excluding tert-OH is 2. The van der Waals surface area contributed by atoms with E-state index in [2.05, 4.69) is 0 Å². The van der Waals surface area contributed by atoms with Gasteiger partial charge in [0.1, 0.15) is 24.4 Å². The second-order valence-electron chi connectivity index (χ2n) is 6.77. The molecule has 6 atom stereocenters. The molecule has 2 N–H and O–H groups in total. The highest BCUT2D eigenvalue weighted by atomic mass is 35.5. The van der Waals surface area contributed by atoms with E-state index in [1.807, 2.05) is 0 Å². The normalized spacial score (nSPS) is 33.6. The first-order valence-electron chi connectivity index (χ1n) is 8.92. The molecule has 2 aliphatic rings. The molecule has 2 fully saturated rings. The lowest BCUT2D eigenvalue weighted by atomic mass is 10.0. The Morgan fingerprint density at radius 2 is 1.04 bits per heavy atom. The van der Waals surface area contributed by atoms with Gasteiger partial charge < -0.3 is 29.2 Å². The molecule has 150 valence electrons. The predicted molar refractivity (Wildman–Crippen MR) is 102 cm³/mol. The van der Waals surface area contributed by atoms with Gasteiger partial charge in [-0.15, -0.1) is 0 Å². The predicted octanol–water partition coefficient (Wildman–Crippen LogP) is 3.24. The third-order valence-corrected chi connectivity index (χ3v) is 5.27. The van der Waals surface area contributed by atoms with Crippen LogP contribution in [0.4, 0.5) is 0 Å². The van der Waals surface area contributed by atoms with Crippen LogP contribution in [0.15, 0.2) is 48.5 Å². The van der Waals surface area contributed by atoms with E-state index >= 15 is 0 Å². The molecule has 4 rings (SSSR count). The molecule has 28 heavy (non-hydrogen) atoms. The van der Waals surface area contributed by atoms with Gasteiger partial charge in [0.15, 0.2) is 12.6 Å². The summed E-state index contributed by atoms with van der Waals surface area (Å²) in [5.41, 5.74) is 1.48. The Morgan fingerprint density at radius 1 is 0.643 bits per heavy atom. The van der Waals surface area contributed by atoms with Crippen molar-refractivity contribution in [2.24, 2.45) is 0 Å². The largest absolute Gasteiger partial charge is 0.388 e. The van der Waals surface area contributed by atoms with E-state index in [-0.39, 0.29) is 13.2 Å². The SMILES string of the molecule is O[C@@H]1COC(c2ccc(Cl)cc2)OC[C@H](O)[C@@H]2OC(c3ccc(Cl)cc3)O[C@H]21. The van der Waals surface area contributed by atoms with E-state index in [0.29, 0.717) is 10.0 Å². The molecule has 2 saturated heterocycles. The summed E-state index contributed by atoms with van der Waals surface area (Å²) >= 11 is 11.8. The van der Waals surface area contributed by atoms with Gasteiger partial charge in [0.25, 0.3) is 0 Å². The van der Waals surface area contributed by atoms with Crippen molar-refractivity contribution in [3.8, 4) is 0 Å². The quantitative estimate of drug-likeness (QED) is 0.767. The fourth-order valence-corrected chi connectivity index (χ4v) is 3.54. The van der Waals surface area contributed by atoms with Crippen molar-refractivity contribution in [2.75, 3.05) is 13.2 Å². The van der Waals surface area contributed by atoms with Gasteiger partial charge in [-0.25, -0.2) is 0 Å². The van der Waals surface area contributed by atoms with Crippen molar-refractivity contribution in [3.63, 3.8) is 0 Å². The molecule has 8 heteroatoms. The summed E-state index contributed by atoms with van der Waals surface area (Å²) in [6.07, 6.45) is -5.00. The number of halogens is 2. The van der Waals surface area contributed by atoms with Gasteiger partial charge in [0.2, 0.25) is 0 Å². The van der Waals surface area contributed by atoms with Crippen LogP contribution in [-0.2, 0) is 18.9 Å². The Bertz CT molecular complexity index is 719. The van der Waals surface area contributed by atoms with E-state index in [0.717, 1.165) is 11.1 Å². The molecule has 0 bridgehead atoms. The topological polar surface area (TPSA) is 77.4 Å². The summed E-state index contributed by atoms with van der Waals surface area (Å²) in [7, 11) is 0. The molecule has 0 radical (unpaired) electrons. The maximum atomic E-state index is 10.6. The zero-order valence-corrected chi connectivity index (χ0v) is 16.3. The summed E-state index contributed by atoms with van der Waals surface area (Å²) in [6.45, 7) is -0.0875. The highest BCUT2D eigenvalue weighted by Crippen LogP contribution is 2.36. The number of rotatable bonds is 2. The molecule has 0 amide bonds. The summed E-state index contributed by atoms with van der Waals surface area (Å²) in [4.78, 5) is 0. The molecule has 0 saturated carbocycles. The van der Waals surface area contributed by atoms with Crippen molar-refractivity contribution in [2.45, 2.75) is 37.0 Å². The van der Waals surface area contributed by atoms with E-state index < -0.39 is 37.0 Å². The smallest absolute Gasteiger partial charge is 0.184 e. The fourth-order valence-electron chi connectivity index (χ4n) is 3.29. The minimum Gasteiger partial charge on any atom is -0.388 e. The molecule has 2 unspecified atom stereocenters. The van der Waals surface area contributed by atoms with Gasteiger partial charge in [0, 0.05) is 21.2 Å². The van der Waals surface area contributed by atoms with Crippen molar-refractivity contribution in [3.05, 3.63) is 69.7 Å². The zero-order chi connectivity index (χ0) is 19.7. The van der Waals surface area contributed by atoms with Crippen molar-refractivity contribution in [1.82, 2.24) is 0 Å².